The van der Waals surface area contributed by atoms with Gasteiger partial charge in [0, 0.05) is 0 Å². The number of fused-ring (bicyclic) bond motifs is 5. The van der Waals surface area contributed by atoms with Gasteiger partial charge in [-0.1, -0.05) is 34.6 Å². The van der Waals surface area contributed by atoms with Crippen LogP contribution in [0, 0.1) is 52.3 Å². The van der Waals surface area contributed by atoms with Gasteiger partial charge in [-0.3, -0.25) is 0 Å². The van der Waals surface area contributed by atoms with Gasteiger partial charge in [-0.25, -0.2) is 0 Å². The average molecular weight is 437 g/mol. The average Bonchev–Trinajstić information content (AvgIpc) is 3.06. The van der Waals surface area contributed by atoms with Crippen LogP contribution in [0.15, 0.2) is 0 Å². The summed E-state index contributed by atoms with van der Waals surface area (Å²) < 4.78 is 0. The Morgan fingerprint density at radius 2 is 1.58 bits per heavy atom. The number of hydrogen-bond donors (Lipinski definition) is 4. The minimum atomic E-state index is -0.321. The standard InChI is InChI=1S/C27H48O4/c1-15(2)22(29)9-6-16(3)19-7-8-20-25-21(14-24(31)27(19,20)5)26(4)11-10-18(28)12-17(26)13-23(25)30/h15-25,28-31H,6-14H2,1-5H3/t16-,17+,18-,19-,20+,21+,22+,23-,24+,25+,26+,27-/m1/s1. The fourth-order valence-electron chi connectivity index (χ4n) is 9.10. The normalized spacial score (nSPS) is 51.7. The van der Waals surface area contributed by atoms with Gasteiger partial charge in [0.25, 0.3) is 0 Å². The van der Waals surface area contributed by atoms with Gasteiger partial charge in [0.2, 0.25) is 0 Å². The molecule has 0 bridgehead atoms. The summed E-state index contributed by atoms with van der Waals surface area (Å²) in [6.45, 7) is 11.2. The van der Waals surface area contributed by atoms with Crippen LogP contribution in [0.1, 0.15) is 92.4 Å². The first-order valence-corrected chi connectivity index (χ1v) is 13.2. The highest BCUT2D eigenvalue weighted by Crippen LogP contribution is 2.68. The van der Waals surface area contributed by atoms with Crippen molar-refractivity contribution in [2.45, 2.75) is 117 Å². The van der Waals surface area contributed by atoms with Gasteiger partial charge in [-0.05, 0) is 110 Å². The summed E-state index contributed by atoms with van der Waals surface area (Å²) in [6.07, 6.45) is 7.31. The van der Waals surface area contributed by atoms with E-state index in [0.717, 1.165) is 57.8 Å². The highest BCUT2D eigenvalue weighted by molar-refractivity contribution is 5.14. The van der Waals surface area contributed by atoms with E-state index in [2.05, 4.69) is 34.6 Å². The Balaban J connectivity index is 1.55. The molecule has 0 radical (unpaired) electrons. The molecule has 0 heterocycles. The summed E-state index contributed by atoms with van der Waals surface area (Å²) in [4.78, 5) is 0. The fourth-order valence-corrected chi connectivity index (χ4v) is 9.10. The van der Waals surface area contributed by atoms with E-state index in [1.807, 2.05) is 0 Å². The summed E-state index contributed by atoms with van der Waals surface area (Å²) in [7, 11) is 0. The zero-order valence-corrected chi connectivity index (χ0v) is 20.5. The SMILES string of the molecule is CC(C)[C@@H](O)CC[C@@H](C)[C@H]1CC[C@H]2[C@@H]3[C@H](O)C[C@@H]4C[C@H](O)CC[C@]4(C)[C@H]3C[C@H](O)[C@]12C. The minimum absolute atomic E-state index is 0.135. The zero-order chi connectivity index (χ0) is 22.7. The fraction of sp³-hybridized carbons (Fsp3) is 1.00. The minimum Gasteiger partial charge on any atom is -0.393 e. The lowest BCUT2D eigenvalue weighted by molar-refractivity contribution is -0.207. The number of aliphatic hydroxyl groups excluding tert-OH is 4. The van der Waals surface area contributed by atoms with E-state index in [0.29, 0.717) is 35.5 Å². The van der Waals surface area contributed by atoms with Crippen molar-refractivity contribution < 1.29 is 20.4 Å². The molecule has 0 aromatic heterocycles. The maximum absolute atomic E-state index is 11.6. The largest absolute Gasteiger partial charge is 0.393 e. The van der Waals surface area contributed by atoms with E-state index in [4.69, 9.17) is 0 Å². The Kier molecular flexibility index (Phi) is 6.62. The van der Waals surface area contributed by atoms with Crippen molar-refractivity contribution in [2.75, 3.05) is 0 Å². The lowest BCUT2D eigenvalue weighted by Gasteiger charge is -2.63. The molecule has 0 aromatic carbocycles. The third-order valence-corrected chi connectivity index (χ3v) is 11.2. The van der Waals surface area contributed by atoms with Gasteiger partial charge < -0.3 is 20.4 Å². The molecule has 4 N–H and O–H groups in total. The van der Waals surface area contributed by atoms with Crippen LogP contribution in [0.2, 0.25) is 0 Å². The van der Waals surface area contributed by atoms with Crippen LogP contribution in [-0.4, -0.2) is 44.8 Å². The maximum atomic E-state index is 11.6. The Morgan fingerprint density at radius 1 is 0.871 bits per heavy atom. The molecule has 4 aliphatic rings. The van der Waals surface area contributed by atoms with Crippen LogP contribution in [-0.2, 0) is 0 Å². The lowest BCUT2D eigenvalue weighted by atomic mass is 9.43. The molecule has 4 rings (SSSR count). The van der Waals surface area contributed by atoms with Crippen LogP contribution in [0.25, 0.3) is 0 Å². The maximum Gasteiger partial charge on any atom is 0.0602 e. The molecule has 4 nitrogen and oxygen atoms in total. The Bertz CT molecular complexity index is 637. The van der Waals surface area contributed by atoms with E-state index in [9.17, 15) is 20.4 Å². The third-order valence-electron chi connectivity index (χ3n) is 11.2. The van der Waals surface area contributed by atoms with Gasteiger partial charge >= 0.3 is 0 Å². The summed E-state index contributed by atoms with van der Waals surface area (Å²) in [5.41, 5.74) is -0.00175. The monoisotopic (exact) mass is 436 g/mol. The van der Waals surface area contributed by atoms with Crippen LogP contribution >= 0.6 is 0 Å². The molecule has 0 aromatic rings. The molecular formula is C27H48O4. The van der Waals surface area contributed by atoms with Crippen molar-refractivity contribution >= 4 is 0 Å². The van der Waals surface area contributed by atoms with E-state index in [1.165, 1.54) is 0 Å². The van der Waals surface area contributed by atoms with Crippen molar-refractivity contribution in [1.29, 1.82) is 0 Å². The highest BCUT2D eigenvalue weighted by atomic mass is 16.3. The van der Waals surface area contributed by atoms with Gasteiger partial charge in [0.1, 0.15) is 0 Å². The first-order chi connectivity index (χ1) is 14.5. The Morgan fingerprint density at radius 3 is 2.26 bits per heavy atom. The molecule has 4 aliphatic carbocycles. The molecule has 4 fully saturated rings. The van der Waals surface area contributed by atoms with Crippen LogP contribution < -0.4 is 0 Å². The van der Waals surface area contributed by atoms with E-state index >= 15 is 0 Å². The Hall–Kier alpha value is -0.160. The zero-order valence-electron chi connectivity index (χ0n) is 20.5. The summed E-state index contributed by atoms with van der Waals surface area (Å²) in [5.74, 6) is 2.62. The number of hydrogen-bond acceptors (Lipinski definition) is 4. The van der Waals surface area contributed by atoms with Crippen molar-refractivity contribution in [3.8, 4) is 0 Å². The molecule has 4 heteroatoms. The molecule has 31 heavy (non-hydrogen) atoms. The second kappa shape index (κ2) is 8.56. The van der Waals surface area contributed by atoms with Crippen molar-refractivity contribution in [3.05, 3.63) is 0 Å². The second-order valence-corrected chi connectivity index (χ2v) is 12.9. The van der Waals surface area contributed by atoms with Crippen molar-refractivity contribution in [1.82, 2.24) is 0 Å². The molecule has 4 saturated carbocycles. The summed E-state index contributed by atoms with van der Waals surface area (Å²) in [5, 5.41) is 43.6. The molecule has 0 saturated heterocycles. The smallest absolute Gasteiger partial charge is 0.0602 e. The van der Waals surface area contributed by atoms with Crippen LogP contribution in [0.4, 0.5) is 0 Å². The predicted octanol–water partition coefficient (Wildman–Crippen LogP) is 4.38. The summed E-state index contributed by atoms with van der Waals surface area (Å²) >= 11 is 0. The van der Waals surface area contributed by atoms with Gasteiger partial charge in [0.05, 0.1) is 24.4 Å². The molecule has 0 amide bonds. The van der Waals surface area contributed by atoms with E-state index in [1.54, 1.807) is 0 Å². The topological polar surface area (TPSA) is 80.9 Å². The molecule has 0 unspecified atom stereocenters. The Labute approximate surface area is 189 Å². The molecular weight excluding hydrogens is 388 g/mol. The lowest BCUT2D eigenvalue weighted by Crippen LogP contribution is -2.62. The highest BCUT2D eigenvalue weighted by Gasteiger charge is 2.65. The predicted molar refractivity (Wildman–Crippen MR) is 123 cm³/mol. The molecule has 0 aliphatic heterocycles. The first-order valence-electron chi connectivity index (χ1n) is 13.2. The van der Waals surface area contributed by atoms with E-state index < -0.39 is 0 Å². The van der Waals surface area contributed by atoms with Crippen LogP contribution in [0.3, 0.4) is 0 Å². The second-order valence-electron chi connectivity index (χ2n) is 12.9. The van der Waals surface area contributed by atoms with E-state index in [-0.39, 0.29) is 41.2 Å². The van der Waals surface area contributed by atoms with Gasteiger partial charge in [-0.2, -0.15) is 0 Å². The van der Waals surface area contributed by atoms with Crippen molar-refractivity contribution in [2.24, 2.45) is 52.3 Å². The van der Waals surface area contributed by atoms with Gasteiger partial charge in [0.15, 0.2) is 0 Å². The first kappa shape index (κ1) is 24.0. The number of rotatable bonds is 5. The number of aliphatic hydroxyl groups is 4. The molecule has 0 spiro atoms. The summed E-state index contributed by atoms with van der Waals surface area (Å²) in [6, 6.07) is 0. The van der Waals surface area contributed by atoms with Gasteiger partial charge in [-0.15, -0.1) is 0 Å². The van der Waals surface area contributed by atoms with Crippen molar-refractivity contribution in [3.63, 3.8) is 0 Å². The molecule has 180 valence electrons. The third kappa shape index (κ3) is 3.82. The molecule has 12 atom stereocenters. The quantitative estimate of drug-likeness (QED) is 0.515. The van der Waals surface area contributed by atoms with Crippen LogP contribution in [0.5, 0.6) is 0 Å².